The van der Waals surface area contributed by atoms with Crippen LogP contribution in [0.5, 0.6) is 0 Å². The fraction of sp³-hybridized carbons (Fsp3) is 0.391. The van der Waals surface area contributed by atoms with Crippen molar-refractivity contribution in [3.8, 4) is 11.4 Å². The van der Waals surface area contributed by atoms with Crippen molar-refractivity contribution < 1.29 is 18.3 Å². The van der Waals surface area contributed by atoms with Crippen molar-refractivity contribution in [1.29, 1.82) is 0 Å². The van der Waals surface area contributed by atoms with Gasteiger partial charge in [0.25, 0.3) is 5.92 Å². The number of halogens is 2. The number of hydrogen-bond donors (Lipinski definition) is 1. The number of hydrogen-bond acceptors (Lipinski definition) is 5. The zero-order valence-electron chi connectivity index (χ0n) is 17.9. The highest BCUT2D eigenvalue weighted by molar-refractivity contribution is 5.80. The van der Waals surface area contributed by atoms with Gasteiger partial charge in [0.1, 0.15) is 5.60 Å². The van der Waals surface area contributed by atoms with Crippen LogP contribution in [0.2, 0.25) is 0 Å². The molecule has 0 radical (unpaired) electrons. The second-order valence-corrected chi connectivity index (χ2v) is 9.04. The van der Waals surface area contributed by atoms with E-state index >= 15 is 0 Å². The molecule has 0 bridgehead atoms. The summed E-state index contributed by atoms with van der Waals surface area (Å²) in [5.41, 5.74) is 0.977. The molecule has 1 fully saturated rings. The van der Waals surface area contributed by atoms with E-state index in [4.69, 9.17) is 4.74 Å². The fourth-order valence-corrected chi connectivity index (χ4v) is 3.34. The Hall–Kier alpha value is -3.16. The number of carbonyl (C=O) groups is 1. The fourth-order valence-electron chi connectivity index (χ4n) is 3.34. The zero-order chi connectivity index (χ0) is 22.4. The van der Waals surface area contributed by atoms with Crippen LogP contribution in [0.15, 0.2) is 42.6 Å². The van der Waals surface area contributed by atoms with Crippen LogP contribution in [0.3, 0.4) is 0 Å². The number of amides is 1. The van der Waals surface area contributed by atoms with E-state index in [0.29, 0.717) is 28.3 Å². The normalized spacial score (nSPS) is 19.8. The molecule has 1 aliphatic carbocycles. The van der Waals surface area contributed by atoms with Gasteiger partial charge in [-0.1, -0.05) is 6.07 Å². The number of rotatable bonds is 4. The number of nitrogens with zero attached hydrogens (tertiary/aromatic N) is 3. The molecule has 1 unspecified atom stereocenters. The SMILES string of the molecule is CC(C)(C)OC(=O)NCc1cc2nc(-c3cccc(C4(C)CC4(F)F)n3)ccc2cn1. The van der Waals surface area contributed by atoms with Gasteiger partial charge in [-0.2, -0.15) is 0 Å². The van der Waals surface area contributed by atoms with Crippen molar-refractivity contribution in [1.82, 2.24) is 20.3 Å². The standard InChI is InChI=1S/C23H24F2N4O2/c1-21(2,3)31-20(30)27-12-15-10-18-14(11-26-15)8-9-17(28-18)16-6-5-7-19(29-16)22(4)13-23(22,24)25/h5-11H,12-13H2,1-4H3,(H,27,30). The molecule has 1 atom stereocenters. The summed E-state index contributed by atoms with van der Waals surface area (Å²) in [6.07, 6.45) is 0.956. The van der Waals surface area contributed by atoms with Gasteiger partial charge >= 0.3 is 6.09 Å². The first-order chi connectivity index (χ1) is 14.5. The summed E-state index contributed by atoms with van der Waals surface area (Å²) in [6.45, 7) is 7.10. The molecule has 3 aromatic heterocycles. The highest BCUT2D eigenvalue weighted by Gasteiger charge is 2.69. The summed E-state index contributed by atoms with van der Waals surface area (Å²) in [5, 5.41) is 3.49. The lowest BCUT2D eigenvalue weighted by Gasteiger charge is -2.19. The van der Waals surface area contributed by atoms with Crippen molar-refractivity contribution in [2.24, 2.45) is 0 Å². The maximum absolute atomic E-state index is 13.8. The molecule has 0 aliphatic heterocycles. The number of ether oxygens (including phenoxy) is 1. The van der Waals surface area contributed by atoms with Crippen LogP contribution in [0.25, 0.3) is 22.3 Å². The molecule has 0 saturated heterocycles. The van der Waals surface area contributed by atoms with E-state index in [1.54, 1.807) is 57.3 Å². The maximum Gasteiger partial charge on any atom is 0.407 e. The van der Waals surface area contributed by atoms with Crippen molar-refractivity contribution in [3.05, 3.63) is 54.0 Å². The highest BCUT2D eigenvalue weighted by Crippen LogP contribution is 2.60. The second kappa shape index (κ2) is 7.21. The van der Waals surface area contributed by atoms with E-state index in [9.17, 15) is 13.6 Å². The van der Waals surface area contributed by atoms with Crippen LogP contribution in [-0.4, -0.2) is 32.6 Å². The molecule has 1 N–H and O–H groups in total. The van der Waals surface area contributed by atoms with Crippen LogP contribution in [0, 0.1) is 0 Å². The molecule has 1 amide bonds. The number of nitrogens with one attached hydrogen (secondary N) is 1. The van der Waals surface area contributed by atoms with Crippen LogP contribution < -0.4 is 5.32 Å². The second-order valence-electron chi connectivity index (χ2n) is 9.04. The molecule has 6 nitrogen and oxygen atoms in total. The molecular weight excluding hydrogens is 402 g/mol. The Kier molecular flexibility index (Phi) is 4.91. The number of carbonyl (C=O) groups excluding carboxylic acids is 1. The minimum absolute atomic E-state index is 0.192. The minimum Gasteiger partial charge on any atom is -0.444 e. The van der Waals surface area contributed by atoms with Crippen molar-refractivity contribution >= 4 is 17.0 Å². The summed E-state index contributed by atoms with van der Waals surface area (Å²) in [7, 11) is 0. The first-order valence-electron chi connectivity index (χ1n) is 10.1. The molecule has 1 saturated carbocycles. The molecular formula is C23H24F2N4O2. The van der Waals surface area contributed by atoms with Crippen LogP contribution in [-0.2, 0) is 16.7 Å². The Balaban J connectivity index is 1.56. The van der Waals surface area contributed by atoms with E-state index in [1.165, 1.54) is 6.92 Å². The maximum atomic E-state index is 13.8. The molecule has 8 heteroatoms. The van der Waals surface area contributed by atoms with Gasteiger partial charge in [0.15, 0.2) is 0 Å². The number of aromatic nitrogens is 3. The molecule has 162 valence electrons. The van der Waals surface area contributed by atoms with E-state index < -0.39 is 23.0 Å². The monoisotopic (exact) mass is 426 g/mol. The van der Waals surface area contributed by atoms with Gasteiger partial charge in [-0.05, 0) is 58.0 Å². The number of alkyl halides is 2. The van der Waals surface area contributed by atoms with Crippen LogP contribution in [0.4, 0.5) is 13.6 Å². The molecule has 4 rings (SSSR count). The first kappa shape index (κ1) is 21.1. The quantitative estimate of drug-likeness (QED) is 0.634. The van der Waals surface area contributed by atoms with Gasteiger partial charge in [0.2, 0.25) is 0 Å². The number of alkyl carbamates (subject to hydrolysis) is 1. The van der Waals surface area contributed by atoms with Gasteiger partial charge in [-0.25, -0.2) is 18.6 Å². The van der Waals surface area contributed by atoms with Crippen molar-refractivity contribution in [3.63, 3.8) is 0 Å². The van der Waals surface area contributed by atoms with Crippen molar-refractivity contribution in [2.75, 3.05) is 0 Å². The van der Waals surface area contributed by atoms with Gasteiger partial charge in [0.05, 0.1) is 40.3 Å². The van der Waals surface area contributed by atoms with E-state index in [2.05, 4.69) is 20.3 Å². The average molecular weight is 426 g/mol. The van der Waals surface area contributed by atoms with E-state index in [-0.39, 0.29) is 13.0 Å². The molecule has 1 aliphatic rings. The third-order valence-electron chi connectivity index (χ3n) is 5.28. The zero-order valence-corrected chi connectivity index (χ0v) is 17.9. The van der Waals surface area contributed by atoms with Gasteiger partial charge in [0, 0.05) is 18.0 Å². The highest BCUT2D eigenvalue weighted by atomic mass is 19.3. The predicted molar refractivity (Wildman–Crippen MR) is 113 cm³/mol. The molecule has 3 heterocycles. The first-order valence-corrected chi connectivity index (χ1v) is 10.1. The summed E-state index contributed by atoms with van der Waals surface area (Å²) in [6, 6.07) is 10.5. The third kappa shape index (κ3) is 4.33. The van der Waals surface area contributed by atoms with Crippen LogP contribution in [0.1, 0.15) is 45.5 Å². The smallest absolute Gasteiger partial charge is 0.407 e. The summed E-state index contributed by atoms with van der Waals surface area (Å²) < 4.78 is 32.8. The summed E-state index contributed by atoms with van der Waals surface area (Å²) in [5.74, 6) is -2.73. The minimum atomic E-state index is -2.73. The molecule has 31 heavy (non-hydrogen) atoms. The van der Waals surface area contributed by atoms with Gasteiger partial charge in [-0.15, -0.1) is 0 Å². The molecule has 0 spiro atoms. The summed E-state index contributed by atoms with van der Waals surface area (Å²) in [4.78, 5) is 25.3. The Morgan fingerprint density at radius 2 is 1.87 bits per heavy atom. The lowest BCUT2D eigenvalue weighted by atomic mass is 10.0. The van der Waals surface area contributed by atoms with Gasteiger partial charge < -0.3 is 10.1 Å². The summed E-state index contributed by atoms with van der Waals surface area (Å²) >= 11 is 0. The topological polar surface area (TPSA) is 77.0 Å². The lowest BCUT2D eigenvalue weighted by molar-refractivity contribution is 0.0522. The Morgan fingerprint density at radius 1 is 1.16 bits per heavy atom. The Labute approximate surface area is 179 Å². The van der Waals surface area contributed by atoms with Crippen LogP contribution >= 0.6 is 0 Å². The predicted octanol–water partition coefficient (Wildman–Crippen LogP) is 5.01. The largest absolute Gasteiger partial charge is 0.444 e. The molecule has 3 aromatic rings. The average Bonchev–Trinajstić information content (AvgIpc) is 3.23. The Bertz CT molecular complexity index is 1160. The number of fused-ring (bicyclic) bond motifs is 1. The Morgan fingerprint density at radius 3 is 2.55 bits per heavy atom. The number of pyridine rings is 3. The van der Waals surface area contributed by atoms with E-state index in [0.717, 1.165) is 5.39 Å². The van der Waals surface area contributed by atoms with E-state index in [1.807, 2.05) is 6.07 Å². The van der Waals surface area contributed by atoms with Crippen molar-refractivity contribution in [2.45, 2.75) is 57.6 Å². The lowest BCUT2D eigenvalue weighted by Crippen LogP contribution is -2.32. The molecule has 0 aromatic carbocycles. The van der Waals surface area contributed by atoms with Gasteiger partial charge in [-0.3, -0.25) is 9.97 Å². The third-order valence-corrected chi connectivity index (χ3v) is 5.28.